The number of furan rings is 2. The van der Waals surface area contributed by atoms with Crippen LogP contribution in [0.2, 0.25) is 0 Å². The van der Waals surface area contributed by atoms with Gasteiger partial charge in [0.05, 0.1) is 22.3 Å². The molecule has 13 heteroatoms. The zero-order chi connectivity index (χ0) is 29.2. The number of benzene rings is 2. The van der Waals surface area contributed by atoms with Crippen LogP contribution in [0.4, 0.5) is 0 Å². The van der Waals surface area contributed by atoms with Gasteiger partial charge in [-0.25, -0.2) is 18.0 Å². The molecule has 41 heavy (non-hydrogen) atoms. The molecule has 0 aliphatic carbocycles. The lowest BCUT2D eigenvalue weighted by Gasteiger charge is -2.13. The molecule has 2 aromatic heterocycles. The molecule has 0 radical (unpaired) electrons. The van der Waals surface area contributed by atoms with Crippen molar-refractivity contribution >= 4 is 21.8 Å². The first kappa shape index (κ1) is 29.4. The summed E-state index contributed by atoms with van der Waals surface area (Å²) in [5, 5.41) is 20.0. The Labute approximate surface area is 234 Å². The Balaban J connectivity index is 1.22. The van der Waals surface area contributed by atoms with Gasteiger partial charge in [0.15, 0.2) is 0 Å². The largest absolute Gasteiger partial charge is 0.491 e. The molecule has 216 valence electrons. The summed E-state index contributed by atoms with van der Waals surface area (Å²) in [6.45, 7) is -1.02. The maximum absolute atomic E-state index is 13.0. The maximum Gasteiger partial charge on any atom is 0.374 e. The number of ether oxygens (including phenoxy) is 4. The molecule has 0 fully saturated rings. The number of hydrogen-bond donors (Lipinski definition) is 2. The lowest BCUT2D eigenvalue weighted by atomic mass is 10.3. The smallest absolute Gasteiger partial charge is 0.374 e. The minimum atomic E-state index is -3.86. The molecule has 0 saturated heterocycles. The van der Waals surface area contributed by atoms with Crippen LogP contribution in [0.1, 0.15) is 21.1 Å². The number of carbonyl (C=O) groups is 2. The van der Waals surface area contributed by atoms with Crippen LogP contribution in [0.5, 0.6) is 11.5 Å². The number of aliphatic hydroxyl groups is 2. The van der Waals surface area contributed by atoms with E-state index in [1.54, 1.807) is 0 Å². The summed E-state index contributed by atoms with van der Waals surface area (Å²) in [5.41, 5.74) is 0. The van der Waals surface area contributed by atoms with Crippen LogP contribution < -0.4 is 9.47 Å². The molecule has 4 rings (SSSR count). The van der Waals surface area contributed by atoms with Gasteiger partial charge in [-0.15, -0.1) is 0 Å². The monoisotopic (exact) mass is 586 g/mol. The molecule has 2 heterocycles. The number of esters is 2. The Morgan fingerprint density at radius 3 is 1.37 bits per heavy atom. The van der Waals surface area contributed by atoms with Crippen molar-refractivity contribution in [1.82, 2.24) is 0 Å². The first-order chi connectivity index (χ1) is 19.7. The van der Waals surface area contributed by atoms with Crippen molar-refractivity contribution in [1.29, 1.82) is 0 Å². The number of sulfone groups is 1. The maximum atomic E-state index is 13.0. The van der Waals surface area contributed by atoms with Gasteiger partial charge in [0.1, 0.15) is 50.1 Å². The fourth-order valence-electron chi connectivity index (χ4n) is 3.32. The zero-order valence-corrected chi connectivity index (χ0v) is 22.3. The number of rotatable bonds is 14. The van der Waals surface area contributed by atoms with E-state index >= 15 is 0 Å². The minimum absolute atomic E-state index is 0.0117. The summed E-state index contributed by atoms with van der Waals surface area (Å²) in [7, 11) is -3.86. The second kappa shape index (κ2) is 13.7. The van der Waals surface area contributed by atoms with Crippen molar-refractivity contribution in [3.05, 3.63) is 96.8 Å². The highest BCUT2D eigenvalue weighted by Gasteiger charge is 2.19. The summed E-state index contributed by atoms with van der Waals surface area (Å²) in [4.78, 5) is 23.5. The quantitative estimate of drug-likeness (QED) is 0.207. The van der Waals surface area contributed by atoms with Crippen molar-refractivity contribution in [2.75, 3.05) is 26.4 Å². The Morgan fingerprint density at radius 2 is 1.02 bits per heavy atom. The molecule has 0 saturated carbocycles. The summed E-state index contributed by atoms with van der Waals surface area (Å²) in [5.74, 6) is -0.805. The molecular formula is C28H26O12S. The topological polar surface area (TPSA) is 172 Å². The van der Waals surface area contributed by atoms with E-state index in [4.69, 9.17) is 27.8 Å². The second-order valence-electron chi connectivity index (χ2n) is 8.53. The molecule has 2 aromatic carbocycles. The van der Waals surface area contributed by atoms with Gasteiger partial charge in [-0.05, 0) is 72.8 Å². The van der Waals surface area contributed by atoms with Gasteiger partial charge in [0.2, 0.25) is 21.4 Å². The summed E-state index contributed by atoms with van der Waals surface area (Å²) < 4.78 is 56.6. The SMILES string of the molecule is O=C(OCC(O)COc1ccc(S(=O)(=O)c2ccc(OCC(O)COC(=O)c3ccco3)cc2)cc1)c1ccco1. The van der Waals surface area contributed by atoms with Crippen molar-refractivity contribution in [3.63, 3.8) is 0 Å². The van der Waals surface area contributed by atoms with Gasteiger partial charge in [0.25, 0.3) is 0 Å². The zero-order valence-electron chi connectivity index (χ0n) is 21.5. The van der Waals surface area contributed by atoms with Gasteiger partial charge < -0.3 is 38.0 Å². The molecule has 12 nitrogen and oxygen atoms in total. The van der Waals surface area contributed by atoms with Crippen LogP contribution in [0.25, 0.3) is 0 Å². The first-order valence-electron chi connectivity index (χ1n) is 12.2. The van der Waals surface area contributed by atoms with E-state index in [1.807, 2.05) is 0 Å². The highest BCUT2D eigenvalue weighted by atomic mass is 32.2. The first-order valence-corrected chi connectivity index (χ1v) is 13.7. The second-order valence-corrected chi connectivity index (χ2v) is 10.5. The number of hydrogen-bond acceptors (Lipinski definition) is 12. The Morgan fingerprint density at radius 1 is 0.634 bits per heavy atom. The number of carbonyl (C=O) groups excluding carboxylic acids is 2. The van der Waals surface area contributed by atoms with Gasteiger partial charge >= 0.3 is 11.9 Å². The molecule has 2 atom stereocenters. The summed E-state index contributed by atoms with van der Waals surface area (Å²) in [6, 6.07) is 17.1. The predicted molar refractivity (Wildman–Crippen MR) is 139 cm³/mol. The van der Waals surface area contributed by atoms with Crippen molar-refractivity contribution in [3.8, 4) is 11.5 Å². The predicted octanol–water partition coefficient (Wildman–Crippen LogP) is 2.90. The van der Waals surface area contributed by atoms with E-state index in [9.17, 15) is 28.2 Å². The lowest BCUT2D eigenvalue weighted by Crippen LogP contribution is -2.25. The molecule has 0 bridgehead atoms. The molecule has 0 spiro atoms. The summed E-state index contributed by atoms with van der Waals surface area (Å²) >= 11 is 0. The molecule has 0 aliphatic heterocycles. The fraction of sp³-hybridized carbons (Fsp3) is 0.214. The third-order valence-electron chi connectivity index (χ3n) is 5.41. The lowest BCUT2D eigenvalue weighted by molar-refractivity contribution is 0.0103. The van der Waals surface area contributed by atoms with Crippen LogP contribution in [-0.2, 0) is 19.3 Å². The van der Waals surface area contributed by atoms with Gasteiger partial charge in [-0.3, -0.25) is 0 Å². The van der Waals surface area contributed by atoms with Crippen LogP contribution in [0, 0.1) is 0 Å². The van der Waals surface area contributed by atoms with Crippen molar-refractivity contribution < 1.29 is 56.0 Å². The van der Waals surface area contributed by atoms with E-state index in [-0.39, 0.29) is 47.7 Å². The van der Waals surface area contributed by atoms with Crippen molar-refractivity contribution in [2.24, 2.45) is 0 Å². The van der Waals surface area contributed by atoms with Crippen LogP contribution in [-0.4, -0.2) is 69.2 Å². The standard InChI is InChI=1S/C28H26O12S/c29-19(17-39-27(31)25-3-1-13-35-25)15-37-21-5-9-23(10-6-21)41(33,34)24-11-7-22(8-12-24)38-16-20(30)18-40-28(32)26-4-2-14-36-26/h1-14,19-20,29-30H,15-18H2. The third kappa shape index (κ3) is 8.20. The van der Waals surface area contributed by atoms with E-state index in [2.05, 4.69) is 0 Å². The fourth-order valence-corrected chi connectivity index (χ4v) is 4.58. The van der Waals surface area contributed by atoms with Gasteiger partial charge in [0, 0.05) is 0 Å². The molecular weight excluding hydrogens is 560 g/mol. The average Bonchev–Trinajstić information content (AvgIpc) is 3.72. The molecule has 2 unspecified atom stereocenters. The Hall–Kier alpha value is -4.59. The minimum Gasteiger partial charge on any atom is -0.491 e. The van der Waals surface area contributed by atoms with E-state index in [1.165, 1.54) is 85.3 Å². The Kier molecular flexibility index (Phi) is 9.79. The molecule has 0 aliphatic rings. The molecule has 2 N–H and O–H groups in total. The van der Waals surface area contributed by atoms with E-state index in [0.717, 1.165) is 0 Å². The normalized spacial score (nSPS) is 12.7. The van der Waals surface area contributed by atoms with Gasteiger partial charge in [-0.1, -0.05) is 0 Å². The van der Waals surface area contributed by atoms with E-state index < -0.39 is 34.0 Å². The third-order valence-corrected chi connectivity index (χ3v) is 7.20. The van der Waals surface area contributed by atoms with Crippen LogP contribution >= 0.6 is 0 Å². The van der Waals surface area contributed by atoms with E-state index in [0.29, 0.717) is 11.5 Å². The molecule has 0 amide bonds. The number of aliphatic hydroxyl groups excluding tert-OH is 2. The highest BCUT2D eigenvalue weighted by molar-refractivity contribution is 7.91. The Bertz CT molecular complexity index is 1380. The highest BCUT2D eigenvalue weighted by Crippen LogP contribution is 2.25. The average molecular weight is 587 g/mol. The summed E-state index contributed by atoms with van der Waals surface area (Å²) in [6.07, 6.45) is 0.421. The van der Waals surface area contributed by atoms with Gasteiger partial charge in [-0.2, -0.15) is 0 Å². The van der Waals surface area contributed by atoms with Crippen molar-refractivity contribution in [2.45, 2.75) is 22.0 Å². The van der Waals surface area contributed by atoms with Crippen LogP contribution in [0.3, 0.4) is 0 Å². The molecule has 4 aromatic rings. The van der Waals surface area contributed by atoms with Crippen LogP contribution in [0.15, 0.2) is 104 Å².